The summed E-state index contributed by atoms with van der Waals surface area (Å²) >= 11 is 0. The number of halogens is 2. The number of aromatic nitrogens is 6. The van der Waals surface area contributed by atoms with Gasteiger partial charge in [-0.3, -0.25) is 4.99 Å². The number of ether oxygens (including phenoxy) is 1. The molecule has 2 aromatic heterocycles. The first-order valence-corrected chi connectivity index (χ1v) is 13.1. The van der Waals surface area contributed by atoms with Gasteiger partial charge in [0, 0.05) is 29.4 Å². The number of aliphatic imine (C=N–C) groups is 1. The first kappa shape index (κ1) is 28.5. The molecule has 2 aromatic carbocycles. The van der Waals surface area contributed by atoms with Crippen molar-refractivity contribution in [2.24, 2.45) is 10.7 Å². The van der Waals surface area contributed by atoms with Gasteiger partial charge in [0.2, 0.25) is 11.7 Å². The number of benzene rings is 2. The second-order valence-corrected chi connectivity index (χ2v) is 10.5. The first-order valence-electron chi connectivity index (χ1n) is 13.1. The molecule has 1 aliphatic rings. The van der Waals surface area contributed by atoms with Gasteiger partial charge in [0.1, 0.15) is 5.60 Å². The van der Waals surface area contributed by atoms with E-state index in [4.69, 9.17) is 14.9 Å². The van der Waals surface area contributed by atoms with E-state index in [-0.39, 0.29) is 12.4 Å². The van der Waals surface area contributed by atoms with Crippen LogP contribution in [0, 0.1) is 0 Å². The van der Waals surface area contributed by atoms with Crippen LogP contribution in [0.25, 0.3) is 28.4 Å². The molecule has 218 valence electrons. The molecular weight excluding hydrogens is 548 g/mol. The Morgan fingerprint density at radius 2 is 1.90 bits per heavy atom. The Labute approximate surface area is 239 Å². The van der Waals surface area contributed by atoms with Gasteiger partial charge < -0.3 is 19.8 Å². The standard InChI is InChI=1S/C28H29F2N9O3/c1-28(2,3)42-27(40)38-12-11-32-22(16-38)21(14-31)19-5-4-6-20(13-19)24-33-37-39(36-24)15-17-7-9-18(10-8-17)25-34-35-26(41-25)23(29)30/h4-10,13-14,23H,11-12,15-16,31H2,1-3H3/b21-14-. The summed E-state index contributed by atoms with van der Waals surface area (Å²) in [5, 5.41) is 19.9. The zero-order chi connectivity index (χ0) is 29.9. The molecule has 0 aliphatic carbocycles. The van der Waals surface area contributed by atoms with Crippen molar-refractivity contribution in [2.75, 3.05) is 19.6 Å². The molecule has 0 atom stereocenters. The SMILES string of the molecule is CC(C)(C)OC(=O)N1CCN=C(/C(=C\N)c2cccc(-c3nnn(Cc4ccc(-c5nnc(C(F)F)o5)cc4)n3)c2)C1. The fourth-order valence-electron chi connectivity index (χ4n) is 4.23. The number of carbonyl (C=O) groups is 1. The summed E-state index contributed by atoms with van der Waals surface area (Å²) in [5.74, 6) is -0.294. The highest BCUT2D eigenvalue weighted by molar-refractivity contribution is 6.25. The molecule has 0 bridgehead atoms. The van der Waals surface area contributed by atoms with Crippen LogP contribution in [-0.4, -0.2) is 72.3 Å². The molecule has 3 heterocycles. The summed E-state index contributed by atoms with van der Waals surface area (Å²) in [6, 6.07) is 14.5. The number of hydrogen-bond acceptors (Lipinski definition) is 10. The van der Waals surface area contributed by atoms with Gasteiger partial charge in [0.15, 0.2) is 0 Å². The Kier molecular flexibility index (Phi) is 8.04. The molecule has 4 aromatic rings. The molecule has 42 heavy (non-hydrogen) atoms. The molecule has 0 spiro atoms. The maximum Gasteiger partial charge on any atom is 0.410 e. The Morgan fingerprint density at radius 3 is 2.60 bits per heavy atom. The van der Waals surface area contributed by atoms with Crippen LogP contribution in [0.3, 0.4) is 0 Å². The molecule has 0 saturated heterocycles. The predicted molar refractivity (Wildman–Crippen MR) is 149 cm³/mol. The average Bonchev–Trinajstić information content (AvgIpc) is 3.64. The molecular formula is C28H29F2N9O3. The Bertz CT molecular complexity index is 1620. The highest BCUT2D eigenvalue weighted by Crippen LogP contribution is 2.25. The van der Waals surface area contributed by atoms with Gasteiger partial charge >= 0.3 is 12.5 Å². The van der Waals surface area contributed by atoms with Crippen LogP contribution in [0.15, 0.2) is 64.1 Å². The number of nitrogens with two attached hydrogens (primary N) is 1. The quantitative estimate of drug-likeness (QED) is 0.338. The Morgan fingerprint density at radius 1 is 1.12 bits per heavy atom. The van der Waals surface area contributed by atoms with E-state index in [1.165, 1.54) is 11.0 Å². The van der Waals surface area contributed by atoms with Gasteiger partial charge in [0.25, 0.3) is 5.89 Å². The molecule has 5 rings (SSSR count). The summed E-state index contributed by atoms with van der Waals surface area (Å²) in [6.07, 6.45) is -1.74. The molecule has 1 aliphatic heterocycles. The molecule has 2 N–H and O–H groups in total. The number of hydrogen-bond donors (Lipinski definition) is 1. The van der Waals surface area contributed by atoms with Crippen molar-refractivity contribution in [3.63, 3.8) is 0 Å². The second kappa shape index (κ2) is 11.8. The fraction of sp³-hybridized carbons (Fsp3) is 0.321. The largest absolute Gasteiger partial charge is 0.444 e. The zero-order valence-electron chi connectivity index (χ0n) is 23.2. The molecule has 1 amide bonds. The van der Waals surface area contributed by atoms with E-state index in [2.05, 4.69) is 30.6 Å². The molecule has 0 saturated carbocycles. The average molecular weight is 578 g/mol. The number of tetrazole rings is 1. The Balaban J connectivity index is 1.27. The maximum atomic E-state index is 12.7. The van der Waals surface area contributed by atoms with Crippen molar-refractivity contribution < 1.29 is 22.7 Å². The highest BCUT2D eigenvalue weighted by atomic mass is 19.3. The third-order valence-electron chi connectivity index (χ3n) is 6.18. The van der Waals surface area contributed by atoms with Crippen LogP contribution in [0.4, 0.5) is 13.6 Å². The molecule has 0 unspecified atom stereocenters. The van der Waals surface area contributed by atoms with E-state index >= 15 is 0 Å². The molecule has 0 radical (unpaired) electrons. The van der Waals surface area contributed by atoms with E-state index in [9.17, 15) is 13.6 Å². The van der Waals surface area contributed by atoms with E-state index in [0.29, 0.717) is 42.3 Å². The topological polar surface area (TPSA) is 150 Å². The van der Waals surface area contributed by atoms with Gasteiger partial charge in [0.05, 0.1) is 25.3 Å². The first-order chi connectivity index (χ1) is 20.1. The maximum absolute atomic E-state index is 12.7. The summed E-state index contributed by atoms with van der Waals surface area (Å²) in [7, 11) is 0. The summed E-state index contributed by atoms with van der Waals surface area (Å²) in [4.78, 5) is 20.3. The minimum Gasteiger partial charge on any atom is -0.444 e. The third kappa shape index (κ3) is 6.65. The van der Waals surface area contributed by atoms with Crippen molar-refractivity contribution in [2.45, 2.75) is 39.3 Å². The van der Waals surface area contributed by atoms with Crippen molar-refractivity contribution in [1.82, 2.24) is 35.3 Å². The number of amides is 1. The predicted octanol–water partition coefficient (Wildman–Crippen LogP) is 4.37. The van der Waals surface area contributed by atoms with E-state index < -0.39 is 24.0 Å². The van der Waals surface area contributed by atoms with Crippen LogP contribution >= 0.6 is 0 Å². The van der Waals surface area contributed by atoms with Crippen LogP contribution in [0.2, 0.25) is 0 Å². The monoisotopic (exact) mass is 577 g/mol. The Hall–Kier alpha value is -5.01. The van der Waals surface area contributed by atoms with Gasteiger partial charge in [-0.05, 0) is 55.3 Å². The minimum atomic E-state index is -2.83. The van der Waals surface area contributed by atoms with E-state index in [1.807, 2.05) is 45.0 Å². The lowest BCUT2D eigenvalue weighted by molar-refractivity contribution is 0.0279. The van der Waals surface area contributed by atoms with Gasteiger partial charge in [-0.2, -0.15) is 13.6 Å². The van der Waals surface area contributed by atoms with Crippen molar-refractivity contribution in [3.8, 4) is 22.8 Å². The van der Waals surface area contributed by atoms with Crippen molar-refractivity contribution in [3.05, 3.63) is 71.7 Å². The minimum absolute atomic E-state index is 0.0144. The van der Waals surface area contributed by atoms with E-state index in [0.717, 1.165) is 16.7 Å². The summed E-state index contributed by atoms with van der Waals surface area (Å²) in [6.45, 7) is 6.98. The van der Waals surface area contributed by atoms with Crippen molar-refractivity contribution >= 4 is 17.4 Å². The van der Waals surface area contributed by atoms with Crippen LogP contribution in [0.5, 0.6) is 0 Å². The number of alkyl halides is 2. The number of rotatable bonds is 7. The fourth-order valence-corrected chi connectivity index (χ4v) is 4.23. The number of nitrogens with zero attached hydrogens (tertiary/aromatic N) is 8. The second-order valence-electron chi connectivity index (χ2n) is 10.5. The third-order valence-corrected chi connectivity index (χ3v) is 6.18. The van der Waals surface area contributed by atoms with Crippen LogP contribution in [-0.2, 0) is 11.3 Å². The lowest BCUT2D eigenvalue weighted by Gasteiger charge is -2.30. The van der Waals surface area contributed by atoms with Crippen LogP contribution in [0.1, 0.15) is 44.2 Å². The normalized spacial score (nSPS) is 14.3. The molecule has 0 fully saturated rings. The van der Waals surface area contributed by atoms with Gasteiger partial charge in [-0.1, -0.05) is 30.3 Å². The van der Waals surface area contributed by atoms with Gasteiger partial charge in [-0.25, -0.2) is 4.79 Å². The van der Waals surface area contributed by atoms with Gasteiger partial charge in [-0.15, -0.1) is 20.4 Å². The lowest BCUT2D eigenvalue weighted by atomic mass is 9.98. The highest BCUT2D eigenvalue weighted by Gasteiger charge is 2.26. The van der Waals surface area contributed by atoms with Crippen LogP contribution < -0.4 is 5.73 Å². The smallest absolute Gasteiger partial charge is 0.410 e. The summed E-state index contributed by atoms with van der Waals surface area (Å²) in [5.41, 5.74) is 9.69. The molecule has 12 nitrogen and oxygen atoms in total. The zero-order valence-corrected chi connectivity index (χ0v) is 23.2. The molecule has 14 heteroatoms. The van der Waals surface area contributed by atoms with Crippen molar-refractivity contribution in [1.29, 1.82) is 0 Å². The number of carbonyl (C=O) groups excluding carboxylic acids is 1. The van der Waals surface area contributed by atoms with E-state index in [1.54, 1.807) is 29.2 Å². The summed E-state index contributed by atoms with van der Waals surface area (Å²) < 4.78 is 36.0. The lowest BCUT2D eigenvalue weighted by Crippen LogP contribution is -2.43.